The van der Waals surface area contributed by atoms with Crippen molar-refractivity contribution in [1.82, 2.24) is 15.3 Å². The zero-order valence-corrected chi connectivity index (χ0v) is 11.9. The predicted octanol–water partition coefficient (Wildman–Crippen LogP) is 1.13. The summed E-state index contributed by atoms with van der Waals surface area (Å²) < 4.78 is 37.4. The Bertz CT molecular complexity index is 594. The summed E-state index contributed by atoms with van der Waals surface area (Å²) in [6.45, 7) is 0.249. The third kappa shape index (κ3) is 4.30. The number of hydrogen-bond donors (Lipinski definition) is 3. The maximum atomic E-state index is 12.5. The third-order valence-electron chi connectivity index (χ3n) is 3.58. The number of nitrogens with zero attached hydrogens (tertiary/aromatic N) is 2. The minimum absolute atomic E-state index is 0.123. The standard InChI is InChI=1S/C13H15F3N4O3/c14-13(15,16)9-3-4-18-12(20-9)19-6-5-17-10(21)7-1-2-8(7)11(22)23/h3-4,7-8H,1-2,5-6H2,(H,17,21)(H,22,23)(H,18,19,20). The van der Waals surface area contributed by atoms with Crippen LogP contribution >= 0.6 is 0 Å². The average molecular weight is 332 g/mol. The second-order valence-electron chi connectivity index (χ2n) is 5.11. The van der Waals surface area contributed by atoms with Gasteiger partial charge >= 0.3 is 12.1 Å². The Morgan fingerprint density at radius 3 is 2.52 bits per heavy atom. The molecule has 1 aliphatic carbocycles. The van der Waals surface area contributed by atoms with Crippen LogP contribution in [0.2, 0.25) is 0 Å². The minimum Gasteiger partial charge on any atom is -0.481 e. The first kappa shape index (κ1) is 17.0. The summed E-state index contributed by atoms with van der Waals surface area (Å²) in [6, 6.07) is 0.760. The third-order valence-corrected chi connectivity index (χ3v) is 3.58. The van der Waals surface area contributed by atoms with Crippen LogP contribution in [0.4, 0.5) is 19.1 Å². The van der Waals surface area contributed by atoms with Gasteiger partial charge < -0.3 is 15.7 Å². The average Bonchev–Trinajstić information content (AvgIpc) is 2.41. The van der Waals surface area contributed by atoms with Crippen LogP contribution in [0.15, 0.2) is 12.3 Å². The molecular formula is C13H15F3N4O3. The van der Waals surface area contributed by atoms with Crippen molar-refractivity contribution in [2.75, 3.05) is 18.4 Å². The number of nitrogens with one attached hydrogen (secondary N) is 2. The van der Waals surface area contributed by atoms with Crippen molar-refractivity contribution in [1.29, 1.82) is 0 Å². The molecule has 23 heavy (non-hydrogen) atoms. The van der Waals surface area contributed by atoms with E-state index in [4.69, 9.17) is 5.11 Å². The Balaban J connectivity index is 1.76. The van der Waals surface area contributed by atoms with E-state index in [1.54, 1.807) is 0 Å². The maximum absolute atomic E-state index is 12.5. The van der Waals surface area contributed by atoms with E-state index in [-0.39, 0.29) is 24.9 Å². The molecule has 2 rings (SSSR count). The van der Waals surface area contributed by atoms with E-state index in [2.05, 4.69) is 20.6 Å². The number of anilines is 1. The van der Waals surface area contributed by atoms with Gasteiger partial charge in [0.25, 0.3) is 0 Å². The van der Waals surface area contributed by atoms with Crippen molar-refractivity contribution in [3.8, 4) is 0 Å². The van der Waals surface area contributed by atoms with Gasteiger partial charge in [0.15, 0.2) is 0 Å². The maximum Gasteiger partial charge on any atom is 0.433 e. The number of rotatable bonds is 6. The van der Waals surface area contributed by atoms with Gasteiger partial charge in [-0.3, -0.25) is 9.59 Å². The molecule has 1 aliphatic rings. The monoisotopic (exact) mass is 332 g/mol. The molecule has 126 valence electrons. The molecule has 1 saturated carbocycles. The van der Waals surface area contributed by atoms with Crippen LogP contribution in [0.5, 0.6) is 0 Å². The van der Waals surface area contributed by atoms with E-state index in [1.165, 1.54) is 0 Å². The largest absolute Gasteiger partial charge is 0.481 e. The number of carboxylic acids is 1. The molecule has 0 aromatic carbocycles. The molecule has 1 amide bonds. The number of hydrogen-bond acceptors (Lipinski definition) is 5. The zero-order valence-electron chi connectivity index (χ0n) is 11.9. The second-order valence-corrected chi connectivity index (χ2v) is 5.11. The van der Waals surface area contributed by atoms with E-state index in [0.717, 1.165) is 12.3 Å². The van der Waals surface area contributed by atoms with Crippen molar-refractivity contribution in [3.63, 3.8) is 0 Å². The zero-order chi connectivity index (χ0) is 17.0. The van der Waals surface area contributed by atoms with Gasteiger partial charge in [-0.05, 0) is 18.9 Å². The Kier molecular flexibility index (Phi) is 5.02. The van der Waals surface area contributed by atoms with E-state index < -0.39 is 29.7 Å². The molecule has 0 radical (unpaired) electrons. The summed E-state index contributed by atoms with van der Waals surface area (Å²) in [4.78, 5) is 29.6. The fourth-order valence-corrected chi connectivity index (χ4v) is 2.20. The molecule has 2 unspecified atom stereocenters. The lowest BCUT2D eigenvalue weighted by molar-refractivity contribution is -0.152. The fraction of sp³-hybridized carbons (Fsp3) is 0.538. The van der Waals surface area contributed by atoms with E-state index >= 15 is 0 Å². The molecule has 0 aliphatic heterocycles. The van der Waals surface area contributed by atoms with Crippen molar-refractivity contribution in [2.45, 2.75) is 19.0 Å². The van der Waals surface area contributed by atoms with E-state index in [1.807, 2.05) is 0 Å². The first-order valence-corrected chi connectivity index (χ1v) is 6.93. The van der Waals surface area contributed by atoms with Crippen molar-refractivity contribution in [2.24, 2.45) is 11.8 Å². The van der Waals surface area contributed by atoms with Crippen LogP contribution in [0, 0.1) is 11.8 Å². The molecule has 0 spiro atoms. The van der Waals surface area contributed by atoms with Gasteiger partial charge in [0.05, 0.1) is 11.8 Å². The molecule has 2 atom stereocenters. The summed E-state index contributed by atoms with van der Waals surface area (Å²) in [6.07, 6.45) is -2.57. The van der Waals surface area contributed by atoms with Crippen LogP contribution in [-0.4, -0.2) is 40.0 Å². The summed E-state index contributed by atoms with van der Waals surface area (Å²) in [5, 5.41) is 14.0. The molecule has 1 aromatic rings. The summed E-state index contributed by atoms with van der Waals surface area (Å²) in [7, 11) is 0. The molecule has 10 heteroatoms. The lowest BCUT2D eigenvalue weighted by Crippen LogP contribution is -2.45. The van der Waals surface area contributed by atoms with Gasteiger partial charge in [-0.1, -0.05) is 0 Å². The molecule has 1 aromatic heterocycles. The minimum atomic E-state index is -4.55. The van der Waals surface area contributed by atoms with Gasteiger partial charge in [-0.25, -0.2) is 9.97 Å². The van der Waals surface area contributed by atoms with Crippen LogP contribution in [0.1, 0.15) is 18.5 Å². The van der Waals surface area contributed by atoms with Crippen LogP contribution in [0.3, 0.4) is 0 Å². The number of alkyl halides is 3. The molecule has 0 bridgehead atoms. The molecular weight excluding hydrogens is 317 g/mol. The SMILES string of the molecule is O=C(O)C1CCC1C(=O)NCCNc1nccc(C(F)(F)F)n1. The summed E-state index contributed by atoms with van der Waals surface area (Å²) in [5.74, 6) is -2.75. The fourth-order valence-electron chi connectivity index (χ4n) is 2.20. The van der Waals surface area contributed by atoms with Crippen LogP contribution in [0.25, 0.3) is 0 Å². The van der Waals surface area contributed by atoms with Crippen molar-refractivity contribution < 1.29 is 27.9 Å². The van der Waals surface area contributed by atoms with E-state index in [9.17, 15) is 22.8 Å². The first-order valence-electron chi connectivity index (χ1n) is 6.93. The van der Waals surface area contributed by atoms with Gasteiger partial charge in [-0.15, -0.1) is 0 Å². The summed E-state index contributed by atoms with van der Waals surface area (Å²) in [5.41, 5.74) is -1.06. The highest BCUT2D eigenvalue weighted by atomic mass is 19.4. The van der Waals surface area contributed by atoms with Gasteiger partial charge in [-0.2, -0.15) is 13.2 Å². The Hall–Kier alpha value is -2.39. The highest BCUT2D eigenvalue weighted by Gasteiger charge is 2.41. The van der Waals surface area contributed by atoms with Gasteiger partial charge in [0.1, 0.15) is 5.69 Å². The topological polar surface area (TPSA) is 104 Å². The quantitative estimate of drug-likeness (QED) is 0.675. The smallest absolute Gasteiger partial charge is 0.433 e. The number of carboxylic acid groups (broad SMARTS) is 1. The van der Waals surface area contributed by atoms with Gasteiger partial charge in [0.2, 0.25) is 11.9 Å². The molecule has 1 heterocycles. The van der Waals surface area contributed by atoms with Crippen molar-refractivity contribution in [3.05, 3.63) is 18.0 Å². The first-order chi connectivity index (χ1) is 10.8. The molecule has 7 nitrogen and oxygen atoms in total. The normalized spacial score (nSPS) is 20.5. The molecule has 3 N–H and O–H groups in total. The number of halogens is 3. The number of carbonyl (C=O) groups is 2. The van der Waals surface area contributed by atoms with Crippen LogP contribution < -0.4 is 10.6 Å². The highest BCUT2D eigenvalue weighted by Crippen LogP contribution is 2.34. The van der Waals surface area contributed by atoms with Crippen LogP contribution in [-0.2, 0) is 15.8 Å². The van der Waals surface area contributed by atoms with Crippen molar-refractivity contribution >= 4 is 17.8 Å². The Morgan fingerprint density at radius 1 is 1.26 bits per heavy atom. The number of amides is 1. The molecule has 0 saturated heterocycles. The Morgan fingerprint density at radius 2 is 1.96 bits per heavy atom. The highest BCUT2D eigenvalue weighted by molar-refractivity contribution is 5.86. The number of aliphatic carboxylic acids is 1. The number of aromatic nitrogens is 2. The predicted molar refractivity (Wildman–Crippen MR) is 72.4 cm³/mol. The summed E-state index contributed by atoms with van der Waals surface area (Å²) >= 11 is 0. The van der Waals surface area contributed by atoms with Gasteiger partial charge in [0, 0.05) is 19.3 Å². The molecule has 1 fully saturated rings. The lowest BCUT2D eigenvalue weighted by Gasteiger charge is -2.31. The lowest BCUT2D eigenvalue weighted by atomic mass is 9.73. The Labute approximate surface area is 129 Å². The number of carbonyl (C=O) groups excluding carboxylic acids is 1. The van der Waals surface area contributed by atoms with E-state index in [0.29, 0.717) is 12.8 Å². The second kappa shape index (κ2) is 6.80.